The molecule has 2 nitrogen and oxygen atoms in total. The second-order valence-corrected chi connectivity index (χ2v) is 13.5. The fraction of sp³-hybridized carbons (Fsp3) is 0.667. The molecular formula is C30H46O2S. The van der Waals surface area contributed by atoms with Crippen LogP contribution in [0.3, 0.4) is 0 Å². The summed E-state index contributed by atoms with van der Waals surface area (Å²) >= 11 is 0. The largest absolute Gasteiger partial charge is 0.393 e. The van der Waals surface area contributed by atoms with Gasteiger partial charge in [0.25, 0.3) is 0 Å². The van der Waals surface area contributed by atoms with Gasteiger partial charge in [-0.3, -0.25) is 4.21 Å². The number of fused-ring (bicyclic) bond motifs is 1. The molecule has 184 valence electrons. The monoisotopic (exact) mass is 470 g/mol. The van der Waals surface area contributed by atoms with Crippen molar-refractivity contribution in [3.63, 3.8) is 0 Å². The summed E-state index contributed by atoms with van der Waals surface area (Å²) in [5, 5.41) is 10.1. The minimum atomic E-state index is -0.830. The summed E-state index contributed by atoms with van der Waals surface area (Å²) in [7, 11) is -0.830. The highest BCUT2D eigenvalue weighted by atomic mass is 32.2. The summed E-state index contributed by atoms with van der Waals surface area (Å²) in [5.41, 5.74) is 5.76. The molecule has 2 fully saturated rings. The first-order chi connectivity index (χ1) is 15.6. The lowest BCUT2D eigenvalue weighted by molar-refractivity contribution is 0.158. The van der Waals surface area contributed by atoms with E-state index in [2.05, 4.69) is 71.6 Å². The van der Waals surface area contributed by atoms with E-state index in [0.717, 1.165) is 44.3 Å². The molecule has 0 amide bonds. The Balaban J connectivity index is 1.73. The minimum Gasteiger partial charge on any atom is -0.393 e. The smallest absolute Gasteiger partial charge is 0.0583 e. The van der Waals surface area contributed by atoms with Gasteiger partial charge in [0.15, 0.2) is 0 Å². The summed E-state index contributed by atoms with van der Waals surface area (Å²) in [4.78, 5) is 0. The third-order valence-electron chi connectivity index (χ3n) is 8.35. The molecule has 2 saturated carbocycles. The van der Waals surface area contributed by atoms with Crippen molar-refractivity contribution in [2.75, 3.05) is 5.75 Å². The maximum Gasteiger partial charge on any atom is 0.0583 e. The Labute approximate surface area is 205 Å². The predicted molar refractivity (Wildman–Crippen MR) is 144 cm³/mol. The second kappa shape index (κ2) is 11.0. The van der Waals surface area contributed by atoms with E-state index in [4.69, 9.17) is 0 Å². The molecule has 0 aliphatic heterocycles. The van der Waals surface area contributed by atoms with Gasteiger partial charge in [-0.05, 0) is 88.0 Å². The lowest BCUT2D eigenvalue weighted by Crippen LogP contribution is -2.32. The van der Waals surface area contributed by atoms with E-state index < -0.39 is 10.8 Å². The first-order valence-electron chi connectivity index (χ1n) is 13.1. The van der Waals surface area contributed by atoms with Crippen molar-refractivity contribution in [2.45, 2.75) is 103 Å². The summed E-state index contributed by atoms with van der Waals surface area (Å²) < 4.78 is 12.5. The van der Waals surface area contributed by atoms with Crippen LogP contribution >= 0.6 is 0 Å². The molecule has 5 unspecified atom stereocenters. The Hall–Kier alpha value is -1.19. The van der Waals surface area contributed by atoms with Crippen LogP contribution in [0.4, 0.5) is 0 Å². The Morgan fingerprint density at radius 2 is 2.09 bits per heavy atom. The van der Waals surface area contributed by atoms with Crippen LogP contribution in [0.1, 0.15) is 92.4 Å². The fourth-order valence-corrected chi connectivity index (χ4v) is 7.35. The van der Waals surface area contributed by atoms with E-state index in [-0.39, 0.29) is 16.3 Å². The molecule has 0 radical (unpaired) electrons. The Kier molecular flexibility index (Phi) is 8.83. The zero-order chi connectivity index (χ0) is 24.2. The highest BCUT2D eigenvalue weighted by molar-refractivity contribution is 7.86. The van der Waals surface area contributed by atoms with Crippen molar-refractivity contribution in [2.24, 2.45) is 17.3 Å². The highest BCUT2D eigenvalue weighted by Crippen LogP contribution is 2.56. The second-order valence-electron chi connectivity index (χ2n) is 11.3. The number of hydrogen-bond donors (Lipinski definition) is 1. The summed E-state index contributed by atoms with van der Waals surface area (Å²) in [5.74, 6) is 1.73. The van der Waals surface area contributed by atoms with Crippen LogP contribution in [0, 0.1) is 17.3 Å². The number of allylic oxidation sites excluding steroid dienone is 7. The zero-order valence-electron chi connectivity index (χ0n) is 21.7. The van der Waals surface area contributed by atoms with E-state index >= 15 is 0 Å². The van der Waals surface area contributed by atoms with Gasteiger partial charge in [0, 0.05) is 16.6 Å². The van der Waals surface area contributed by atoms with Gasteiger partial charge in [0.1, 0.15) is 0 Å². The number of hydrogen-bond acceptors (Lipinski definition) is 2. The van der Waals surface area contributed by atoms with Crippen molar-refractivity contribution < 1.29 is 9.32 Å². The Morgan fingerprint density at radius 1 is 1.33 bits per heavy atom. The van der Waals surface area contributed by atoms with Gasteiger partial charge in [-0.2, -0.15) is 0 Å². The number of unbranched alkanes of at least 4 members (excludes halogenated alkanes) is 1. The first-order valence-corrected chi connectivity index (χ1v) is 14.4. The molecule has 1 N–H and O–H groups in total. The van der Waals surface area contributed by atoms with Crippen molar-refractivity contribution >= 4 is 10.8 Å². The van der Waals surface area contributed by atoms with E-state index in [1.165, 1.54) is 30.4 Å². The number of rotatable bonds is 8. The molecule has 0 heterocycles. The van der Waals surface area contributed by atoms with Crippen molar-refractivity contribution in [1.82, 2.24) is 0 Å². The fourth-order valence-electron chi connectivity index (χ4n) is 6.05. The molecule has 0 bridgehead atoms. The third kappa shape index (κ3) is 6.09. The van der Waals surface area contributed by atoms with Gasteiger partial charge in [0.05, 0.1) is 10.9 Å². The molecule has 3 aliphatic carbocycles. The van der Waals surface area contributed by atoms with Crippen LogP contribution in [0.5, 0.6) is 0 Å². The minimum absolute atomic E-state index is 0.209. The SMILES string of the molecule is C=C1CCC(O)C/C1=C/C=C1\CCCC2(C)C(C(C)/C=C/C(C)(C)S(=O)CCCC)=CCC12. The van der Waals surface area contributed by atoms with Crippen LogP contribution in [0.25, 0.3) is 0 Å². The van der Waals surface area contributed by atoms with E-state index in [0.29, 0.717) is 11.8 Å². The van der Waals surface area contributed by atoms with Gasteiger partial charge in [-0.1, -0.05) is 80.9 Å². The number of aliphatic hydroxyl groups excluding tert-OH is 1. The van der Waals surface area contributed by atoms with E-state index in [1.54, 1.807) is 11.1 Å². The molecule has 0 saturated heterocycles. The molecule has 0 aromatic rings. The molecular weight excluding hydrogens is 424 g/mol. The number of aliphatic hydroxyl groups is 1. The first kappa shape index (κ1) is 26.4. The molecule has 0 spiro atoms. The van der Waals surface area contributed by atoms with Crippen molar-refractivity contribution in [3.8, 4) is 0 Å². The van der Waals surface area contributed by atoms with Crippen LogP contribution in [0.15, 0.2) is 59.3 Å². The van der Waals surface area contributed by atoms with Gasteiger partial charge in [0.2, 0.25) is 0 Å². The van der Waals surface area contributed by atoms with Gasteiger partial charge in [-0.15, -0.1) is 0 Å². The molecule has 0 aromatic heterocycles. The normalized spacial score (nSPS) is 32.9. The highest BCUT2D eigenvalue weighted by Gasteiger charge is 2.45. The van der Waals surface area contributed by atoms with Gasteiger partial charge in [-0.25, -0.2) is 0 Å². The zero-order valence-corrected chi connectivity index (χ0v) is 22.5. The molecule has 33 heavy (non-hydrogen) atoms. The molecule has 3 rings (SSSR count). The van der Waals surface area contributed by atoms with E-state index in [1.807, 2.05) is 0 Å². The van der Waals surface area contributed by atoms with Crippen LogP contribution < -0.4 is 0 Å². The lowest BCUT2D eigenvalue weighted by atomic mass is 9.62. The molecule has 5 atom stereocenters. The van der Waals surface area contributed by atoms with Gasteiger partial charge >= 0.3 is 0 Å². The maximum absolute atomic E-state index is 12.7. The summed E-state index contributed by atoms with van der Waals surface area (Å²) in [6, 6.07) is 0. The van der Waals surface area contributed by atoms with Crippen LogP contribution in [0.2, 0.25) is 0 Å². The van der Waals surface area contributed by atoms with Crippen molar-refractivity contribution in [1.29, 1.82) is 0 Å². The topological polar surface area (TPSA) is 37.3 Å². The Morgan fingerprint density at radius 3 is 2.82 bits per heavy atom. The van der Waals surface area contributed by atoms with Crippen LogP contribution in [-0.4, -0.2) is 25.9 Å². The van der Waals surface area contributed by atoms with Crippen molar-refractivity contribution in [3.05, 3.63) is 59.3 Å². The average Bonchev–Trinajstić information content (AvgIpc) is 3.14. The molecule has 3 aliphatic rings. The summed E-state index contributed by atoms with van der Waals surface area (Å²) in [6.07, 6.45) is 20.8. The summed E-state index contributed by atoms with van der Waals surface area (Å²) in [6.45, 7) is 15.4. The third-order valence-corrected chi connectivity index (χ3v) is 10.3. The predicted octanol–water partition coefficient (Wildman–Crippen LogP) is 7.60. The molecule has 0 aromatic carbocycles. The quantitative estimate of drug-likeness (QED) is 0.371. The average molecular weight is 471 g/mol. The molecule has 3 heteroatoms. The standard InChI is InChI=1S/C30H46O2S/c1-7-8-20-33(32)29(4,5)19-17-23(3)27-15-16-28-24(10-9-18-30(27,28)6)12-13-25-21-26(31)14-11-22(25)2/h12-13,15,17,19,23,26,28,31H,2,7-11,14,16,18,20-21H2,1,3-6H3/b19-17+,24-12+,25-13-. The van der Waals surface area contributed by atoms with E-state index in [9.17, 15) is 9.32 Å². The maximum atomic E-state index is 12.7. The van der Waals surface area contributed by atoms with Crippen LogP contribution in [-0.2, 0) is 10.8 Å². The van der Waals surface area contributed by atoms with Gasteiger partial charge < -0.3 is 5.11 Å². The lowest BCUT2D eigenvalue weighted by Gasteiger charge is -2.42. The Bertz CT molecular complexity index is 872.